The summed E-state index contributed by atoms with van der Waals surface area (Å²) in [6.07, 6.45) is 0. The minimum Gasteiger partial charge on any atom is -0.391 e. The molecule has 9 heavy (non-hydrogen) atoms. The van der Waals surface area contributed by atoms with Gasteiger partial charge in [0.2, 0.25) is 5.79 Å². The monoisotopic (exact) mass is 133 g/mol. The number of hydrogen-bond acceptors (Lipinski definition) is 4. The van der Waals surface area contributed by atoms with Crippen LogP contribution in [0.15, 0.2) is 0 Å². The summed E-state index contributed by atoms with van der Waals surface area (Å²) in [6.45, 7) is 1.10. The van der Waals surface area contributed by atoms with Crippen molar-refractivity contribution in [2.24, 2.45) is 5.73 Å². The van der Waals surface area contributed by atoms with Gasteiger partial charge < -0.3 is 20.3 Å². The fourth-order valence-electron chi connectivity index (χ4n) is 0.771. The van der Waals surface area contributed by atoms with Crippen molar-refractivity contribution in [2.45, 2.75) is 5.79 Å². The van der Waals surface area contributed by atoms with E-state index >= 15 is 0 Å². The van der Waals surface area contributed by atoms with Gasteiger partial charge >= 0.3 is 0 Å². The van der Waals surface area contributed by atoms with E-state index in [2.05, 4.69) is 0 Å². The first-order valence-electron chi connectivity index (χ1n) is 2.92. The minimum atomic E-state index is -0.889. The summed E-state index contributed by atoms with van der Waals surface area (Å²) in [5.74, 6) is -0.889. The molecule has 1 saturated heterocycles. The molecule has 1 aliphatic rings. The van der Waals surface area contributed by atoms with E-state index in [0.717, 1.165) is 0 Å². The molecule has 0 spiro atoms. The molecule has 3 N–H and O–H groups in total. The van der Waals surface area contributed by atoms with E-state index in [9.17, 15) is 0 Å². The molecule has 0 aromatic carbocycles. The van der Waals surface area contributed by atoms with Crippen LogP contribution in [0.25, 0.3) is 0 Å². The van der Waals surface area contributed by atoms with Gasteiger partial charge in [0.05, 0.1) is 19.8 Å². The molecule has 0 saturated carbocycles. The summed E-state index contributed by atoms with van der Waals surface area (Å²) < 4.78 is 10.1. The van der Waals surface area contributed by atoms with Crippen LogP contribution in [-0.4, -0.2) is 37.3 Å². The van der Waals surface area contributed by atoms with Gasteiger partial charge in [0.1, 0.15) is 0 Å². The second-order valence-corrected chi connectivity index (χ2v) is 1.97. The van der Waals surface area contributed by atoms with Gasteiger partial charge in [-0.15, -0.1) is 0 Å². The summed E-state index contributed by atoms with van der Waals surface area (Å²) in [7, 11) is 0. The van der Waals surface area contributed by atoms with Crippen LogP contribution in [0.3, 0.4) is 0 Å². The molecule has 0 atom stereocenters. The third kappa shape index (κ3) is 1.21. The number of aliphatic hydroxyl groups is 1. The highest BCUT2D eigenvalue weighted by Gasteiger charge is 2.33. The van der Waals surface area contributed by atoms with Gasteiger partial charge in [0, 0.05) is 6.54 Å². The normalized spacial score (nSPS) is 24.7. The molecule has 4 nitrogen and oxygen atoms in total. The lowest BCUT2D eigenvalue weighted by Crippen LogP contribution is -2.42. The molecule has 4 heteroatoms. The molecule has 1 rings (SSSR count). The maximum Gasteiger partial charge on any atom is 0.204 e. The van der Waals surface area contributed by atoms with E-state index in [1.807, 2.05) is 0 Å². The van der Waals surface area contributed by atoms with Crippen molar-refractivity contribution in [3.63, 3.8) is 0 Å². The molecular weight excluding hydrogens is 122 g/mol. The third-order valence-electron chi connectivity index (χ3n) is 1.37. The van der Waals surface area contributed by atoms with Crippen LogP contribution in [0.4, 0.5) is 0 Å². The number of rotatable bonds is 2. The van der Waals surface area contributed by atoms with Gasteiger partial charge in [-0.2, -0.15) is 0 Å². The van der Waals surface area contributed by atoms with Crippen molar-refractivity contribution in [3.05, 3.63) is 0 Å². The summed E-state index contributed by atoms with van der Waals surface area (Å²) >= 11 is 0. The molecule has 0 radical (unpaired) electrons. The molecule has 54 valence electrons. The van der Waals surface area contributed by atoms with E-state index < -0.39 is 5.79 Å². The van der Waals surface area contributed by atoms with E-state index in [0.29, 0.717) is 13.2 Å². The zero-order valence-corrected chi connectivity index (χ0v) is 5.17. The summed E-state index contributed by atoms with van der Waals surface area (Å²) in [6, 6.07) is 0. The summed E-state index contributed by atoms with van der Waals surface area (Å²) in [4.78, 5) is 0. The van der Waals surface area contributed by atoms with E-state index in [1.165, 1.54) is 0 Å². The van der Waals surface area contributed by atoms with Crippen molar-refractivity contribution in [1.82, 2.24) is 0 Å². The van der Waals surface area contributed by atoms with Crippen molar-refractivity contribution < 1.29 is 14.6 Å². The van der Waals surface area contributed by atoms with Crippen LogP contribution in [-0.2, 0) is 9.47 Å². The first-order chi connectivity index (χ1) is 4.33. The Morgan fingerprint density at radius 2 is 2.00 bits per heavy atom. The Balaban J connectivity index is 2.45. The molecule has 0 unspecified atom stereocenters. The lowest BCUT2D eigenvalue weighted by atomic mass is 10.3. The Hall–Kier alpha value is -0.160. The quantitative estimate of drug-likeness (QED) is 0.490. The SMILES string of the molecule is NCC1(CO)OCCO1. The summed E-state index contributed by atoms with van der Waals surface area (Å²) in [5.41, 5.74) is 5.27. The van der Waals surface area contributed by atoms with Gasteiger partial charge in [-0.1, -0.05) is 0 Å². The van der Waals surface area contributed by atoms with E-state index in [-0.39, 0.29) is 13.2 Å². The van der Waals surface area contributed by atoms with Crippen molar-refractivity contribution in [2.75, 3.05) is 26.4 Å². The van der Waals surface area contributed by atoms with Crippen LogP contribution in [0.1, 0.15) is 0 Å². The Kier molecular flexibility index (Phi) is 2.02. The molecule has 0 aliphatic carbocycles. The fourth-order valence-corrected chi connectivity index (χ4v) is 0.771. The van der Waals surface area contributed by atoms with Crippen molar-refractivity contribution in [1.29, 1.82) is 0 Å². The fraction of sp³-hybridized carbons (Fsp3) is 1.00. The maximum atomic E-state index is 8.69. The molecule has 1 aliphatic heterocycles. The number of ether oxygens (including phenoxy) is 2. The highest BCUT2D eigenvalue weighted by atomic mass is 16.7. The van der Waals surface area contributed by atoms with Gasteiger partial charge in [0.25, 0.3) is 0 Å². The van der Waals surface area contributed by atoms with Crippen LogP contribution >= 0.6 is 0 Å². The molecule has 0 aromatic heterocycles. The van der Waals surface area contributed by atoms with E-state index in [1.54, 1.807) is 0 Å². The van der Waals surface area contributed by atoms with Gasteiger partial charge in [-0.3, -0.25) is 0 Å². The smallest absolute Gasteiger partial charge is 0.204 e. The van der Waals surface area contributed by atoms with Crippen LogP contribution in [0.5, 0.6) is 0 Å². The molecular formula is C5H11NO3. The number of aliphatic hydroxyl groups excluding tert-OH is 1. The first kappa shape index (κ1) is 6.95. The standard InChI is InChI=1S/C5H11NO3/c6-3-5(4-7)8-1-2-9-5/h7H,1-4,6H2. The predicted octanol–water partition coefficient (Wildman–Crippen LogP) is -1.32. The lowest BCUT2D eigenvalue weighted by Gasteiger charge is -2.21. The highest BCUT2D eigenvalue weighted by molar-refractivity contribution is 4.73. The van der Waals surface area contributed by atoms with Gasteiger partial charge in [0.15, 0.2) is 0 Å². The number of nitrogens with two attached hydrogens (primary N) is 1. The Morgan fingerprint density at radius 1 is 1.44 bits per heavy atom. The average Bonchev–Trinajstić information content (AvgIpc) is 2.36. The molecule has 0 bridgehead atoms. The van der Waals surface area contributed by atoms with Crippen molar-refractivity contribution in [3.8, 4) is 0 Å². The Labute approximate surface area is 53.6 Å². The second kappa shape index (κ2) is 2.62. The van der Waals surface area contributed by atoms with Crippen LogP contribution in [0, 0.1) is 0 Å². The zero-order valence-electron chi connectivity index (χ0n) is 5.17. The highest BCUT2D eigenvalue weighted by Crippen LogP contribution is 2.15. The predicted molar refractivity (Wildman–Crippen MR) is 30.8 cm³/mol. The summed E-state index contributed by atoms with van der Waals surface area (Å²) in [5, 5.41) is 8.69. The second-order valence-electron chi connectivity index (χ2n) is 1.97. The Bertz CT molecular complexity index is 84.2. The topological polar surface area (TPSA) is 64.7 Å². The van der Waals surface area contributed by atoms with Crippen LogP contribution in [0.2, 0.25) is 0 Å². The molecule has 0 aromatic rings. The van der Waals surface area contributed by atoms with Gasteiger partial charge in [-0.05, 0) is 0 Å². The average molecular weight is 133 g/mol. The third-order valence-corrected chi connectivity index (χ3v) is 1.37. The Morgan fingerprint density at radius 3 is 2.22 bits per heavy atom. The molecule has 0 amide bonds. The van der Waals surface area contributed by atoms with Crippen LogP contribution < -0.4 is 5.73 Å². The number of hydrogen-bond donors (Lipinski definition) is 2. The largest absolute Gasteiger partial charge is 0.391 e. The van der Waals surface area contributed by atoms with Gasteiger partial charge in [-0.25, -0.2) is 0 Å². The minimum absolute atomic E-state index is 0.163. The molecule has 1 fully saturated rings. The lowest BCUT2D eigenvalue weighted by molar-refractivity contribution is -0.174. The van der Waals surface area contributed by atoms with E-state index in [4.69, 9.17) is 20.3 Å². The first-order valence-corrected chi connectivity index (χ1v) is 2.92. The molecule has 1 heterocycles. The zero-order chi connectivity index (χ0) is 6.74. The maximum absolute atomic E-state index is 8.69. The van der Waals surface area contributed by atoms with Crippen molar-refractivity contribution >= 4 is 0 Å².